The lowest BCUT2D eigenvalue weighted by Gasteiger charge is -2.25. The van der Waals surface area contributed by atoms with E-state index in [-0.39, 0.29) is 0 Å². The highest BCUT2D eigenvalue weighted by molar-refractivity contribution is 5.67. The van der Waals surface area contributed by atoms with Crippen molar-refractivity contribution in [1.82, 2.24) is 9.78 Å². The van der Waals surface area contributed by atoms with Crippen LogP contribution < -0.4 is 10.5 Å². The van der Waals surface area contributed by atoms with E-state index in [1.807, 2.05) is 17.1 Å². The molecule has 1 aromatic carbocycles. The molecule has 0 radical (unpaired) electrons. The molecule has 1 fully saturated rings. The van der Waals surface area contributed by atoms with Crippen molar-refractivity contribution in [3.8, 4) is 16.9 Å². The van der Waals surface area contributed by atoms with Gasteiger partial charge in [-0.1, -0.05) is 12.5 Å². The summed E-state index contributed by atoms with van der Waals surface area (Å²) in [4.78, 5) is 0. The van der Waals surface area contributed by atoms with Crippen molar-refractivity contribution in [2.24, 2.45) is 11.7 Å². The van der Waals surface area contributed by atoms with Gasteiger partial charge in [0, 0.05) is 18.3 Å². The topological polar surface area (TPSA) is 53.1 Å². The van der Waals surface area contributed by atoms with Gasteiger partial charge in [-0.05, 0) is 48.9 Å². The van der Waals surface area contributed by atoms with Crippen LogP contribution in [0.3, 0.4) is 0 Å². The van der Waals surface area contributed by atoms with E-state index in [0.29, 0.717) is 6.54 Å². The number of nitrogens with two attached hydrogens (primary N) is 1. The van der Waals surface area contributed by atoms with Crippen molar-refractivity contribution in [2.45, 2.75) is 32.7 Å². The Balaban J connectivity index is 1.75. The number of benzene rings is 1. The standard InChI is InChI=1S/C17H23N3O/c1-13-5-6-16(21-12-14-3-2-4-14)9-17(13)15-10-19-20(11-15)8-7-18/h5-6,9-11,14H,2-4,7-8,12,18H2,1H3. The second-order valence-corrected chi connectivity index (χ2v) is 5.87. The second kappa shape index (κ2) is 6.31. The Bertz CT molecular complexity index is 602. The third-order valence-corrected chi connectivity index (χ3v) is 4.22. The number of aromatic nitrogens is 2. The van der Waals surface area contributed by atoms with Crippen molar-refractivity contribution in [1.29, 1.82) is 0 Å². The molecule has 1 aliphatic rings. The number of aryl methyl sites for hydroxylation is 1. The molecule has 0 saturated heterocycles. The second-order valence-electron chi connectivity index (χ2n) is 5.87. The maximum atomic E-state index is 5.93. The Kier molecular flexibility index (Phi) is 4.25. The summed E-state index contributed by atoms with van der Waals surface area (Å²) in [7, 11) is 0. The zero-order valence-corrected chi connectivity index (χ0v) is 12.6. The van der Waals surface area contributed by atoms with Crippen LogP contribution in [0.5, 0.6) is 5.75 Å². The van der Waals surface area contributed by atoms with Crippen molar-refractivity contribution < 1.29 is 4.74 Å². The Hall–Kier alpha value is -1.81. The fourth-order valence-electron chi connectivity index (χ4n) is 2.63. The molecule has 2 N–H and O–H groups in total. The van der Waals surface area contributed by atoms with E-state index >= 15 is 0 Å². The molecule has 1 heterocycles. The van der Waals surface area contributed by atoms with Crippen LogP contribution in [0.25, 0.3) is 11.1 Å². The summed E-state index contributed by atoms with van der Waals surface area (Å²) < 4.78 is 7.82. The third-order valence-electron chi connectivity index (χ3n) is 4.22. The number of nitrogens with zero attached hydrogens (tertiary/aromatic N) is 2. The summed E-state index contributed by atoms with van der Waals surface area (Å²) in [5.41, 5.74) is 9.11. The van der Waals surface area contributed by atoms with Crippen LogP contribution in [-0.2, 0) is 6.54 Å². The fourth-order valence-corrected chi connectivity index (χ4v) is 2.63. The first-order valence-corrected chi connectivity index (χ1v) is 7.72. The summed E-state index contributed by atoms with van der Waals surface area (Å²) in [6.07, 6.45) is 7.92. The molecule has 0 unspecified atom stereocenters. The number of ether oxygens (including phenoxy) is 1. The summed E-state index contributed by atoms with van der Waals surface area (Å²) in [6.45, 7) is 4.31. The lowest BCUT2D eigenvalue weighted by atomic mass is 9.86. The smallest absolute Gasteiger partial charge is 0.119 e. The fraction of sp³-hybridized carbons (Fsp3) is 0.471. The molecule has 1 saturated carbocycles. The van der Waals surface area contributed by atoms with Gasteiger partial charge in [0.25, 0.3) is 0 Å². The highest BCUT2D eigenvalue weighted by atomic mass is 16.5. The van der Waals surface area contributed by atoms with Crippen molar-refractivity contribution in [2.75, 3.05) is 13.2 Å². The van der Waals surface area contributed by atoms with E-state index in [9.17, 15) is 0 Å². The number of hydrogen-bond acceptors (Lipinski definition) is 3. The van der Waals surface area contributed by atoms with E-state index in [1.54, 1.807) is 0 Å². The maximum Gasteiger partial charge on any atom is 0.119 e. The van der Waals surface area contributed by atoms with Gasteiger partial charge in [0.1, 0.15) is 5.75 Å². The Morgan fingerprint density at radius 3 is 2.95 bits per heavy atom. The molecule has 21 heavy (non-hydrogen) atoms. The Morgan fingerprint density at radius 1 is 1.38 bits per heavy atom. The van der Waals surface area contributed by atoms with Gasteiger partial charge in [0.15, 0.2) is 0 Å². The first kappa shape index (κ1) is 14.1. The average molecular weight is 285 g/mol. The van der Waals surface area contributed by atoms with Gasteiger partial charge in [0.05, 0.1) is 19.3 Å². The molecule has 4 heteroatoms. The molecule has 112 valence electrons. The van der Waals surface area contributed by atoms with Crippen LogP contribution >= 0.6 is 0 Å². The Morgan fingerprint density at radius 2 is 2.24 bits per heavy atom. The summed E-state index contributed by atoms with van der Waals surface area (Å²) in [6, 6.07) is 6.30. The molecule has 0 amide bonds. The molecular formula is C17H23N3O. The van der Waals surface area contributed by atoms with Gasteiger partial charge >= 0.3 is 0 Å². The lowest BCUT2D eigenvalue weighted by Crippen LogP contribution is -2.19. The molecule has 0 bridgehead atoms. The van der Waals surface area contributed by atoms with Crippen molar-refractivity contribution >= 4 is 0 Å². The highest BCUT2D eigenvalue weighted by Crippen LogP contribution is 2.30. The lowest BCUT2D eigenvalue weighted by molar-refractivity contribution is 0.180. The first-order valence-electron chi connectivity index (χ1n) is 7.72. The molecular weight excluding hydrogens is 262 g/mol. The molecule has 3 rings (SSSR count). The van der Waals surface area contributed by atoms with Gasteiger partial charge < -0.3 is 10.5 Å². The van der Waals surface area contributed by atoms with Crippen LogP contribution in [0.1, 0.15) is 24.8 Å². The molecule has 0 aliphatic heterocycles. The predicted molar refractivity (Wildman–Crippen MR) is 84.3 cm³/mol. The maximum absolute atomic E-state index is 5.93. The first-order chi connectivity index (χ1) is 10.3. The minimum absolute atomic E-state index is 0.602. The molecule has 4 nitrogen and oxygen atoms in total. The highest BCUT2D eigenvalue weighted by Gasteiger charge is 2.18. The third kappa shape index (κ3) is 3.27. The molecule has 0 spiro atoms. The van der Waals surface area contributed by atoms with Crippen LogP contribution in [0.2, 0.25) is 0 Å². The van der Waals surface area contributed by atoms with Crippen LogP contribution in [-0.4, -0.2) is 22.9 Å². The van der Waals surface area contributed by atoms with Gasteiger partial charge in [-0.3, -0.25) is 4.68 Å². The summed E-state index contributed by atoms with van der Waals surface area (Å²) >= 11 is 0. The zero-order valence-electron chi connectivity index (χ0n) is 12.6. The summed E-state index contributed by atoms with van der Waals surface area (Å²) in [5, 5.41) is 4.35. The normalized spacial score (nSPS) is 15.0. The molecule has 1 aliphatic carbocycles. The van der Waals surface area contributed by atoms with E-state index in [2.05, 4.69) is 30.2 Å². The van der Waals surface area contributed by atoms with Crippen LogP contribution in [0, 0.1) is 12.8 Å². The van der Waals surface area contributed by atoms with E-state index in [0.717, 1.165) is 30.4 Å². The largest absolute Gasteiger partial charge is 0.493 e. The summed E-state index contributed by atoms with van der Waals surface area (Å²) in [5.74, 6) is 1.70. The quantitative estimate of drug-likeness (QED) is 0.887. The average Bonchev–Trinajstić information content (AvgIpc) is 2.88. The van der Waals surface area contributed by atoms with Crippen LogP contribution in [0.4, 0.5) is 0 Å². The van der Waals surface area contributed by atoms with E-state index < -0.39 is 0 Å². The SMILES string of the molecule is Cc1ccc(OCC2CCC2)cc1-c1cnn(CCN)c1. The van der Waals surface area contributed by atoms with Crippen molar-refractivity contribution in [3.63, 3.8) is 0 Å². The van der Waals surface area contributed by atoms with E-state index in [1.165, 1.54) is 30.4 Å². The zero-order chi connectivity index (χ0) is 14.7. The molecule has 2 aromatic rings. The van der Waals surface area contributed by atoms with Gasteiger partial charge in [-0.25, -0.2) is 0 Å². The number of rotatable bonds is 6. The predicted octanol–water partition coefficient (Wildman–Crippen LogP) is 3.00. The van der Waals surface area contributed by atoms with Crippen molar-refractivity contribution in [3.05, 3.63) is 36.2 Å². The Labute approximate surface area is 125 Å². The van der Waals surface area contributed by atoms with E-state index in [4.69, 9.17) is 10.5 Å². The molecule has 1 aromatic heterocycles. The van der Waals surface area contributed by atoms with Gasteiger partial charge in [-0.15, -0.1) is 0 Å². The minimum atomic E-state index is 0.602. The monoisotopic (exact) mass is 285 g/mol. The van der Waals surface area contributed by atoms with Gasteiger partial charge in [0.2, 0.25) is 0 Å². The molecule has 0 atom stereocenters. The van der Waals surface area contributed by atoms with Crippen LogP contribution in [0.15, 0.2) is 30.6 Å². The number of hydrogen-bond donors (Lipinski definition) is 1. The minimum Gasteiger partial charge on any atom is -0.493 e. The van der Waals surface area contributed by atoms with Gasteiger partial charge in [-0.2, -0.15) is 5.10 Å².